The Kier molecular flexibility index (Phi) is 3.54. The van der Waals surface area contributed by atoms with Crippen molar-refractivity contribution in [3.8, 4) is 5.75 Å². The Bertz CT molecular complexity index is 352. The van der Waals surface area contributed by atoms with Gasteiger partial charge in [0.2, 0.25) is 0 Å². The summed E-state index contributed by atoms with van der Waals surface area (Å²) in [5, 5.41) is 6.94. The molecule has 88 valence electrons. The molecular weight excluding hydrogens is 200 g/mol. The molecule has 0 fully saturated rings. The molecule has 16 heavy (non-hydrogen) atoms. The highest BCUT2D eigenvalue weighted by molar-refractivity contribution is 5.76. The van der Waals surface area contributed by atoms with Gasteiger partial charge in [0, 0.05) is 12.6 Å². The lowest BCUT2D eigenvalue weighted by molar-refractivity contribution is 0.319. The van der Waals surface area contributed by atoms with Crippen LogP contribution in [0.15, 0.2) is 18.2 Å². The van der Waals surface area contributed by atoms with Crippen LogP contribution < -0.4 is 15.4 Å². The Labute approximate surface area is 97.2 Å². The molecule has 1 aliphatic heterocycles. The highest BCUT2D eigenvalue weighted by Gasteiger charge is 2.14. The minimum atomic E-state index is 0.509. The predicted molar refractivity (Wildman–Crippen MR) is 68.4 cm³/mol. The predicted octanol–water partition coefficient (Wildman–Crippen LogP) is 3.09. The quantitative estimate of drug-likeness (QED) is 0.821. The number of fused-ring (bicyclic) bond motifs is 1. The van der Waals surface area contributed by atoms with Gasteiger partial charge in [-0.2, -0.15) is 0 Å². The number of anilines is 2. The average molecular weight is 220 g/mol. The van der Waals surface area contributed by atoms with Gasteiger partial charge in [0.05, 0.1) is 12.3 Å². The lowest BCUT2D eigenvalue weighted by Crippen LogP contribution is -2.14. The van der Waals surface area contributed by atoms with E-state index in [0.717, 1.165) is 43.1 Å². The first-order valence-corrected chi connectivity index (χ1v) is 6.07. The SMILES string of the molecule is CCCOc1cccc2c1NCCC(C)N2. The van der Waals surface area contributed by atoms with E-state index < -0.39 is 0 Å². The molecule has 0 radical (unpaired) electrons. The third-order valence-corrected chi connectivity index (χ3v) is 2.77. The van der Waals surface area contributed by atoms with E-state index in [1.165, 1.54) is 0 Å². The Balaban J connectivity index is 2.24. The molecule has 1 unspecified atom stereocenters. The zero-order valence-corrected chi connectivity index (χ0v) is 10.0. The zero-order valence-electron chi connectivity index (χ0n) is 10.0. The summed E-state index contributed by atoms with van der Waals surface area (Å²) in [7, 11) is 0. The molecule has 1 aromatic carbocycles. The second kappa shape index (κ2) is 5.10. The Hall–Kier alpha value is -1.38. The van der Waals surface area contributed by atoms with E-state index in [9.17, 15) is 0 Å². The molecule has 1 aliphatic rings. The number of nitrogens with one attached hydrogen (secondary N) is 2. The van der Waals surface area contributed by atoms with E-state index in [0.29, 0.717) is 6.04 Å². The Morgan fingerprint density at radius 1 is 1.44 bits per heavy atom. The molecule has 1 aromatic rings. The van der Waals surface area contributed by atoms with Gasteiger partial charge in [-0.25, -0.2) is 0 Å². The monoisotopic (exact) mass is 220 g/mol. The Morgan fingerprint density at radius 2 is 2.31 bits per heavy atom. The van der Waals surface area contributed by atoms with Crippen LogP contribution in [0, 0.1) is 0 Å². The van der Waals surface area contributed by atoms with E-state index in [2.05, 4.69) is 30.5 Å². The maximum Gasteiger partial charge on any atom is 0.144 e. The van der Waals surface area contributed by atoms with Gasteiger partial charge < -0.3 is 15.4 Å². The summed E-state index contributed by atoms with van der Waals surface area (Å²) in [5.74, 6) is 0.959. The van der Waals surface area contributed by atoms with Gasteiger partial charge in [-0.3, -0.25) is 0 Å². The molecule has 1 atom stereocenters. The highest BCUT2D eigenvalue weighted by atomic mass is 16.5. The van der Waals surface area contributed by atoms with Gasteiger partial charge in [-0.15, -0.1) is 0 Å². The van der Waals surface area contributed by atoms with Gasteiger partial charge in [0.25, 0.3) is 0 Å². The maximum absolute atomic E-state index is 5.74. The standard InChI is InChI=1S/C13H20N2O/c1-3-9-16-12-6-4-5-11-13(12)14-8-7-10(2)15-11/h4-6,10,14-15H,3,7-9H2,1-2H3. The number of hydrogen-bond acceptors (Lipinski definition) is 3. The molecule has 1 heterocycles. The van der Waals surface area contributed by atoms with Crippen molar-refractivity contribution >= 4 is 11.4 Å². The van der Waals surface area contributed by atoms with Crippen molar-refractivity contribution in [1.82, 2.24) is 0 Å². The molecule has 0 aromatic heterocycles. The van der Waals surface area contributed by atoms with Crippen molar-refractivity contribution < 1.29 is 4.74 Å². The highest BCUT2D eigenvalue weighted by Crippen LogP contribution is 2.34. The molecule has 2 N–H and O–H groups in total. The molecule has 0 aliphatic carbocycles. The van der Waals surface area contributed by atoms with Crippen LogP contribution in [0.1, 0.15) is 26.7 Å². The van der Waals surface area contributed by atoms with Crippen LogP contribution in [-0.4, -0.2) is 19.2 Å². The van der Waals surface area contributed by atoms with E-state index in [-0.39, 0.29) is 0 Å². The Morgan fingerprint density at radius 3 is 3.12 bits per heavy atom. The third-order valence-electron chi connectivity index (χ3n) is 2.77. The molecule has 0 saturated carbocycles. The fourth-order valence-electron chi connectivity index (χ4n) is 1.92. The van der Waals surface area contributed by atoms with Crippen molar-refractivity contribution in [3.63, 3.8) is 0 Å². The molecular formula is C13H20N2O. The first kappa shape index (κ1) is 11.1. The smallest absolute Gasteiger partial charge is 0.144 e. The van der Waals surface area contributed by atoms with Crippen molar-refractivity contribution in [3.05, 3.63) is 18.2 Å². The largest absolute Gasteiger partial charge is 0.491 e. The molecule has 0 spiro atoms. The van der Waals surface area contributed by atoms with E-state index in [4.69, 9.17) is 4.74 Å². The lowest BCUT2D eigenvalue weighted by Gasteiger charge is -2.15. The fourth-order valence-corrected chi connectivity index (χ4v) is 1.92. The van der Waals surface area contributed by atoms with Crippen molar-refractivity contribution in [1.29, 1.82) is 0 Å². The summed E-state index contributed by atoms with van der Waals surface area (Å²) >= 11 is 0. The number of rotatable bonds is 3. The molecule has 0 saturated heterocycles. The molecule has 0 amide bonds. The van der Waals surface area contributed by atoms with Crippen LogP contribution in [0.4, 0.5) is 11.4 Å². The van der Waals surface area contributed by atoms with Crippen molar-refractivity contribution in [2.75, 3.05) is 23.8 Å². The lowest BCUT2D eigenvalue weighted by atomic mass is 10.2. The number of hydrogen-bond donors (Lipinski definition) is 2. The van der Waals surface area contributed by atoms with Gasteiger partial charge in [0.1, 0.15) is 11.4 Å². The summed E-state index contributed by atoms with van der Waals surface area (Å²) in [6, 6.07) is 6.67. The average Bonchev–Trinajstić information content (AvgIpc) is 2.47. The van der Waals surface area contributed by atoms with E-state index in [1.54, 1.807) is 0 Å². The zero-order chi connectivity index (χ0) is 11.4. The van der Waals surface area contributed by atoms with Crippen LogP contribution in [0.3, 0.4) is 0 Å². The summed E-state index contributed by atoms with van der Waals surface area (Å²) in [6.45, 7) is 6.09. The summed E-state index contributed by atoms with van der Waals surface area (Å²) < 4.78 is 5.74. The summed E-state index contributed by atoms with van der Waals surface area (Å²) in [5.41, 5.74) is 2.26. The normalized spacial score (nSPS) is 19.0. The topological polar surface area (TPSA) is 33.3 Å². The molecule has 3 nitrogen and oxygen atoms in total. The maximum atomic E-state index is 5.74. The third kappa shape index (κ3) is 2.40. The number of para-hydroxylation sites is 1. The fraction of sp³-hybridized carbons (Fsp3) is 0.538. The summed E-state index contributed by atoms with van der Waals surface area (Å²) in [6.07, 6.45) is 2.16. The van der Waals surface area contributed by atoms with Gasteiger partial charge >= 0.3 is 0 Å². The molecule has 3 heteroatoms. The van der Waals surface area contributed by atoms with E-state index in [1.807, 2.05) is 12.1 Å². The van der Waals surface area contributed by atoms with Crippen LogP contribution in [0.5, 0.6) is 5.75 Å². The van der Waals surface area contributed by atoms with Crippen LogP contribution in [0.25, 0.3) is 0 Å². The van der Waals surface area contributed by atoms with Crippen LogP contribution >= 0.6 is 0 Å². The minimum absolute atomic E-state index is 0.509. The second-order valence-corrected chi connectivity index (χ2v) is 4.29. The minimum Gasteiger partial charge on any atom is -0.491 e. The second-order valence-electron chi connectivity index (χ2n) is 4.29. The van der Waals surface area contributed by atoms with Crippen molar-refractivity contribution in [2.45, 2.75) is 32.7 Å². The number of benzene rings is 1. The van der Waals surface area contributed by atoms with E-state index >= 15 is 0 Å². The summed E-state index contributed by atoms with van der Waals surface area (Å²) in [4.78, 5) is 0. The van der Waals surface area contributed by atoms with Gasteiger partial charge in [-0.05, 0) is 31.9 Å². The first-order chi connectivity index (χ1) is 7.81. The first-order valence-electron chi connectivity index (χ1n) is 6.07. The number of ether oxygens (including phenoxy) is 1. The van der Waals surface area contributed by atoms with Crippen LogP contribution in [0.2, 0.25) is 0 Å². The van der Waals surface area contributed by atoms with Crippen LogP contribution in [-0.2, 0) is 0 Å². The van der Waals surface area contributed by atoms with Gasteiger partial charge in [-0.1, -0.05) is 13.0 Å². The molecule has 0 bridgehead atoms. The molecule has 2 rings (SSSR count). The van der Waals surface area contributed by atoms with Gasteiger partial charge in [0.15, 0.2) is 0 Å². The van der Waals surface area contributed by atoms with Crippen molar-refractivity contribution in [2.24, 2.45) is 0 Å².